The third-order valence-corrected chi connectivity index (χ3v) is 7.81. The second kappa shape index (κ2) is 11.1. The van der Waals surface area contributed by atoms with Crippen LogP contribution in [-0.2, 0) is 21.1 Å². The molecule has 0 unspecified atom stereocenters. The molecular formula is C29H28NO6P. The van der Waals surface area contributed by atoms with Crippen LogP contribution in [0, 0.1) is 0 Å². The maximum atomic E-state index is 13.2. The summed E-state index contributed by atoms with van der Waals surface area (Å²) in [6, 6.07) is 30.1. The Bertz CT molecular complexity index is 1350. The smallest absolute Gasteiger partial charge is 0.354 e. The van der Waals surface area contributed by atoms with Crippen LogP contribution >= 0.6 is 7.60 Å². The van der Waals surface area contributed by atoms with E-state index in [1.165, 1.54) is 0 Å². The average Bonchev–Trinajstić information content (AvgIpc) is 2.91. The SMILES string of the molecule is COc1cc(C[C@H](NC(c2ccccc2)(c2ccccc2)P(=O)(O)O)C(=O)O)ccc1-c1ccccc1. The van der Waals surface area contributed by atoms with Crippen molar-refractivity contribution in [2.75, 3.05) is 7.11 Å². The Balaban J connectivity index is 1.77. The van der Waals surface area contributed by atoms with Gasteiger partial charge in [-0.25, -0.2) is 0 Å². The molecule has 4 aromatic rings. The normalized spacial score (nSPS) is 12.6. The Hall–Kier alpha value is -3.74. The zero-order valence-electron chi connectivity index (χ0n) is 20.2. The molecule has 0 bridgehead atoms. The van der Waals surface area contributed by atoms with Crippen LogP contribution in [0.25, 0.3) is 11.1 Å². The largest absolute Gasteiger partial charge is 0.496 e. The first-order valence-electron chi connectivity index (χ1n) is 11.7. The van der Waals surface area contributed by atoms with Crippen molar-refractivity contribution in [1.82, 2.24) is 5.32 Å². The highest BCUT2D eigenvalue weighted by Crippen LogP contribution is 2.59. The molecule has 0 radical (unpaired) electrons. The molecule has 8 heteroatoms. The fourth-order valence-electron chi connectivity index (χ4n) is 4.52. The number of methoxy groups -OCH3 is 1. The van der Waals surface area contributed by atoms with Crippen LogP contribution in [0.3, 0.4) is 0 Å². The molecule has 0 saturated heterocycles. The highest BCUT2D eigenvalue weighted by molar-refractivity contribution is 7.53. The van der Waals surface area contributed by atoms with Crippen LogP contribution in [-0.4, -0.2) is 34.0 Å². The van der Waals surface area contributed by atoms with Crippen LogP contribution in [0.5, 0.6) is 5.75 Å². The maximum Gasteiger partial charge on any atom is 0.354 e. The summed E-state index contributed by atoms with van der Waals surface area (Å²) in [5.74, 6) is -0.670. The van der Waals surface area contributed by atoms with E-state index in [9.17, 15) is 24.3 Å². The molecule has 37 heavy (non-hydrogen) atoms. The summed E-state index contributed by atoms with van der Waals surface area (Å²) >= 11 is 0. The molecule has 0 spiro atoms. The highest BCUT2D eigenvalue weighted by atomic mass is 31.2. The van der Waals surface area contributed by atoms with Gasteiger partial charge < -0.3 is 19.6 Å². The number of aliphatic carboxylic acids is 1. The van der Waals surface area contributed by atoms with Gasteiger partial charge in [-0.05, 0) is 34.7 Å². The fraction of sp³-hybridized carbons (Fsp3) is 0.138. The molecule has 0 fully saturated rings. The van der Waals surface area contributed by atoms with Gasteiger partial charge in [0.1, 0.15) is 11.8 Å². The minimum Gasteiger partial charge on any atom is -0.496 e. The van der Waals surface area contributed by atoms with Gasteiger partial charge in [0.05, 0.1) is 7.11 Å². The van der Waals surface area contributed by atoms with Crippen LogP contribution < -0.4 is 10.1 Å². The summed E-state index contributed by atoms with van der Waals surface area (Å²) in [6.45, 7) is 0. The van der Waals surface area contributed by atoms with Crippen LogP contribution in [0.2, 0.25) is 0 Å². The van der Waals surface area contributed by atoms with Crippen molar-refractivity contribution in [2.24, 2.45) is 0 Å². The number of carboxylic acid groups (broad SMARTS) is 1. The number of hydrogen-bond donors (Lipinski definition) is 4. The standard InChI is InChI=1S/C29H28NO6P/c1-36-27-20-21(17-18-25(27)22-11-5-2-6-12-22)19-26(28(31)32)30-29(37(33,34)35,23-13-7-3-8-14-23)24-15-9-4-10-16-24/h2-18,20,26,30H,19H2,1H3,(H,31,32)(H2,33,34,35)/t26-/m0/s1. The van der Waals surface area contributed by atoms with Crippen molar-refractivity contribution in [3.63, 3.8) is 0 Å². The summed E-state index contributed by atoms with van der Waals surface area (Å²) in [5.41, 5.74) is 2.96. The van der Waals surface area contributed by atoms with Crippen LogP contribution in [0.4, 0.5) is 0 Å². The molecule has 0 saturated carbocycles. The first kappa shape index (κ1) is 26.3. The lowest BCUT2D eigenvalue weighted by molar-refractivity contribution is -0.139. The van der Waals surface area contributed by atoms with Crippen molar-refractivity contribution >= 4 is 13.6 Å². The highest BCUT2D eigenvalue weighted by Gasteiger charge is 2.52. The Morgan fingerprint density at radius 2 is 1.38 bits per heavy atom. The second-order valence-corrected chi connectivity index (χ2v) is 10.4. The van der Waals surface area contributed by atoms with Crippen LogP contribution in [0.15, 0.2) is 109 Å². The third-order valence-electron chi connectivity index (χ3n) is 6.29. The maximum absolute atomic E-state index is 13.2. The van der Waals surface area contributed by atoms with E-state index in [1.54, 1.807) is 79.9 Å². The van der Waals surface area contributed by atoms with E-state index in [2.05, 4.69) is 5.32 Å². The van der Waals surface area contributed by atoms with Crippen molar-refractivity contribution in [2.45, 2.75) is 17.7 Å². The molecule has 1 atom stereocenters. The Morgan fingerprint density at radius 1 is 0.865 bits per heavy atom. The van der Waals surface area contributed by atoms with Gasteiger partial charge in [0.2, 0.25) is 0 Å². The van der Waals surface area contributed by atoms with Gasteiger partial charge >= 0.3 is 13.6 Å². The molecule has 0 aliphatic rings. The summed E-state index contributed by atoms with van der Waals surface area (Å²) < 4.78 is 18.8. The number of ether oxygens (including phenoxy) is 1. The first-order valence-corrected chi connectivity index (χ1v) is 13.3. The third kappa shape index (κ3) is 5.50. The van der Waals surface area contributed by atoms with Crippen molar-refractivity contribution in [3.05, 3.63) is 126 Å². The number of carbonyl (C=O) groups is 1. The molecule has 0 aliphatic carbocycles. The quantitative estimate of drug-likeness (QED) is 0.218. The lowest BCUT2D eigenvalue weighted by Gasteiger charge is -2.38. The summed E-state index contributed by atoms with van der Waals surface area (Å²) in [4.78, 5) is 33.9. The number of nitrogens with one attached hydrogen (secondary N) is 1. The first-order chi connectivity index (χ1) is 17.8. The monoisotopic (exact) mass is 517 g/mol. The van der Waals surface area contributed by atoms with Crippen molar-refractivity contribution < 1.29 is 29.0 Å². The second-order valence-electron chi connectivity index (χ2n) is 8.63. The van der Waals surface area contributed by atoms with Gasteiger partial charge in [0, 0.05) is 5.56 Å². The van der Waals surface area contributed by atoms with E-state index < -0.39 is 24.9 Å². The minimum absolute atomic E-state index is 0.0395. The van der Waals surface area contributed by atoms with Gasteiger partial charge in [-0.2, -0.15) is 0 Å². The van der Waals surface area contributed by atoms with E-state index >= 15 is 0 Å². The van der Waals surface area contributed by atoms with Gasteiger partial charge in [-0.1, -0.05) is 103 Å². The van der Waals surface area contributed by atoms with Gasteiger partial charge in [0.15, 0.2) is 5.28 Å². The Kier molecular flexibility index (Phi) is 7.91. The van der Waals surface area contributed by atoms with E-state index in [4.69, 9.17) is 4.74 Å². The van der Waals surface area contributed by atoms with Gasteiger partial charge in [-0.3, -0.25) is 14.7 Å². The topological polar surface area (TPSA) is 116 Å². The molecule has 0 heterocycles. The Morgan fingerprint density at radius 3 is 1.84 bits per heavy atom. The van der Waals surface area contributed by atoms with Gasteiger partial charge in [0.25, 0.3) is 0 Å². The fourth-order valence-corrected chi connectivity index (χ4v) is 5.81. The zero-order chi connectivity index (χ0) is 26.5. The van der Waals surface area contributed by atoms with Crippen molar-refractivity contribution in [3.8, 4) is 16.9 Å². The zero-order valence-corrected chi connectivity index (χ0v) is 21.1. The number of rotatable bonds is 10. The van der Waals surface area contributed by atoms with E-state index in [1.807, 2.05) is 36.4 Å². The summed E-state index contributed by atoms with van der Waals surface area (Å²) in [7, 11) is -3.47. The molecule has 4 N–H and O–H groups in total. The van der Waals surface area contributed by atoms with E-state index in [0.29, 0.717) is 11.3 Å². The molecule has 4 aromatic carbocycles. The molecule has 0 aromatic heterocycles. The predicted octanol–water partition coefficient (Wildman–Crippen LogP) is 5.03. The van der Waals surface area contributed by atoms with E-state index in [-0.39, 0.29) is 17.5 Å². The molecule has 7 nitrogen and oxygen atoms in total. The molecule has 0 amide bonds. The molecule has 0 aliphatic heterocycles. The van der Waals surface area contributed by atoms with E-state index in [0.717, 1.165) is 11.1 Å². The molecular weight excluding hydrogens is 489 g/mol. The predicted molar refractivity (Wildman–Crippen MR) is 142 cm³/mol. The number of hydrogen-bond acceptors (Lipinski definition) is 4. The molecule has 190 valence electrons. The summed E-state index contributed by atoms with van der Waals surface area (Å²) in [6.07, 6.45) is -0.0395. The summed E-state index contributed by atoms with van der Waals surface area (Å²) in [5, 5.41) is 11.0. The number of carboxylic acids is 1. The minimum atomic E-state index is -5.01. The van der Waals surface area contributed by atoms with Crippen LogP contribution in [0.1, 0.15) is 16.7 Å². The van der Waals surface area contributed by atoms with Gasteiger partial charge in [-0.15, -0.1) is 0 Å². The lowest BCUT2D eigenvalue weighted by Crippen LogP contribution is -2.52. The lowest BCUT2D eigenvalue weighted by atomic mass is 9.94. The van der Waals surface area contributed by atoms with Crippen molar-refractivity contribution in [1.29, 1.82) is 0 Å². The number of benzene rings is 4. The Labute approximate surface area is 215 Å². The molecule has 4 rings (SSSR count). The average molecular weight is 518 g/mol.